The van der Waals surface area contributed by atoms with Gasteiger partial charge in [0.05, 0.1) is 4.90 Å². The number of anilines is 1. The first-order valence-electron chi connectivity index (χ1n) is 9.60. The molecule has 0 spiro atoms. The number of halogens is 1. The number of amides is 1. The lowest BCUT2D eigenvalue weighted by atomic mass is 10.0. The lowest BCUT2D eigenvalue weighted by molar-refractivity contribution is -0.114. The molecule has 0 aliphatic carbocycles. The average Bonchev–Trinajstić information content (AvgIpc) is 2.82. The molecule has 10 heteroatoms. The van der Waals surface area contributed by atoms with Gasteiger partial charge in [0.25, 0.3) is 5.91 Å². The Morgan fingerprint density at radius 3 is 2.27 bits per heavy atom. The zero-order valence-electron chi connectivity index (χ0n) is 17.5. The van der Waals surface area contributed by atoms with E-state index in [1.54, 1.807) is 48.5 Å². The Hall–Kier alpha value is -4.02. The van der Waals surface area contributed by atoms with Crippen LogP contribution in [0.1, 0.15) is 18.1 Å². The van der Waals surface area contributed by atoms with E-state index in [9.17, 15) is 17.6 Å². The smallest absolute Gasteiger partial charge is 0.284 e. The maximum absolute atomic E-state index is 14.8. The van der Waals surface area contributed by atoms with Crippen molar-refractivity contribution in [3.8, 4) is 11.1 Å². The second-order valence-corrected chi connectivity index (χ2v) is 8.61. The van der Waals surface area contributed by atoms with E-state index in [1.165, 1.54) is 31.2 Å². The number of primary sulfonamides is 1. The SMILES string of the molecule is C/C(=C(\F)C(=O)Nc1ccc(-c2ccccc2S(N)(=O)=O)cc1)c1cccc(C(N)=NO)c1. The van der Waals surface area contributed by atoms with Gasteiger partial charge in [-0.1, -0.05) is 53.7 Å². The number of allylic oxidation sites excluding steroid dienone is 1. The largest absolute Gasteiger partial charge is 0.409 e. The van der Waals surface area contributed by atoms with Crippen molar-refractivity contribution < 1.29 is 22.8 Å². The molecule has 0 heterocycles. The molecule has 3 aromatic rings. The predicted octanol–water partition coefficient (Wildman–Crippen LogP) is 3.43. The monoisotopic (exact) mass is 468 g/mol. The van der Waals surface area contributed by atoms with Crippen molar-refractivity contribution >= 4 is 33.0 Å². The van der Waals surface area contributed by atoms with Crippen molar-refractivity contribution in [3.05, 3.63) is 89.8 Å². The number of hydrogen-bond donors (Lipinski definition) is 4. The van der Waals surface area contributed by atoms with Gasteiger partial charge < -0.3 is 16.3 Å². The fourth-order valence-electron chi connectivity index (χ4n) is 3.14. The lowest BCUT2D eigenvalue weighted by Gasteiger charge is -2.10. The third-order valence-corrected chi connectivity index (χ3v) is 5.84. The zero-order valence-corrected chi connectivity index (χ0v) is 18.3. The van der Waals surface area contributed by atoms with Crippen LogP contribution in [0.5, 0.6) is 0 Å². The molecule has 0 aliphatic rings. The van der Waals surface area contributed by atoms with Crippen LogP contribution in [0.4, 0.5) is 10.1 Å². The number of benzene rings is 3. The highest BCUT2D eigenvalue weighted by atomic mass is 32.2. The summed E-state index contributed by atoms with van der Waals surface area (Å²) in [5.74, 6) is -2.10. The molecular weight excluding hydrogens is 447 g/mol. The van der Waals surface area contributed by atoms with Crippen LogP contribution in [0.25, 0.3) is 16.7 Å². The first kappa shape index (κ1) is 23.6. The van der Waals surface area contributed by atoms with Crippen LogP contribution in [0.2, 0.25) is 0 Å². The highest BCUT2D eigenvalue weighted by Gasteiger charge is 2.17. The number of nitrogens with two attached hydrogens (primary N) is 2. The molecule has 33 heavy (non-hydrogen) atoms. The van der Waals surface area contributed by atoms with Crippen molar-refractivity contribution in [2.45, 2.75) is 11.8 Å². The van der Waals surface area contributed by atoms with Gasteiger partial charge in [0.15, 0.2) is 11.7 Å². The molecule has 170 valence electrons. The number of carbonyl (C=O) groups excluding carboxylic acids is 1. The summed E-state index contributed by atoms with van der Waals surface area (Å²) < 4.78 is 38.4. The van der Waals surface area contributed by atoms with Crippen LogP contribution >= 0.6 is 0 Å². The predicted molar refractivity (Wildman–Crippen MR) is 125 cm³/mol. The van der Waals surface area contributed by atoms with Gasteiger partial charge in [-0.3, -0.25) is 4.79 Å². The number of amidine groups is 1. The van der Waals surface area contributed by atoms with E-state index in [-0.39, 0.29) is 16.3 Å². The topological polar surface area (TPSA) is 148 Å². The third kappa shape index (κ3) is 5.43. The Kier molecular flexibility index (Phi) is 6.90. The number of nitrogens with one attached hydrogen (secondary N) is 1. The zero-order chi connectivity index (χ0) is 24.2. The minimum atomic E-state index is -3.92. The van der Waals surface area contributed by atoms with E-state index in [0.717, 1.165) is 0 Å². The van der Waals surface area contributed by atoms with Gasteiger partial charge in [-0.25, -0.2) is 17.9 Å². The first-order chi connectivity index (χ1) is 15.6. The van der Waals surface area contributed by atoms with Crippen molar-refractivity contribution in [1.82, 2.24) is 0 Å². The van der Waals surface area contributed by atoms with Crippen LogP contribution in [-0.4, -0.2) is 25.4 Å². The molecule has 0 saturated heterocycles. The van der Waals surface area contributed by atoms with Crippen molar-refractivity contribution in [1.29, 1.82) is 0 Å². The summed E-state index contributed by atoms with van der Waals surface area (Å²) >= 11 is 0. The molecule has 0 aromatic heterocycles. The summed E-state index contributed by atoms with van der Waals surface area (Å²) in [6, 6.07) is 18.7. The summed E-state index contributed by atoms with van der Waals surface area (Å²) in [6.45, 7) is 1.44. The summed E-state index contributed by atoms with van der Waals surface area (Å²) in [6.07, 6.45) is 0. The van der Waals surface area contributed by atoms with Gasteiger partial charge in [-0.2, -0.15) is 0 Å². The molecule has 3 rings (SSSR count). The number of carbonyl (C=O) groups is 1. The molecule has 1 amide bonds. The fourth-order valence-corrected chi connectivity index (χ4v) is 3.90. The molecule has 0 saturated carbocycles. The van der Waals surface area contributed by atoms with E-state index in [2.05, 4.69) is 10.5 Å². The van der Waals surface area contributed by atoms with Crippen LogP contribution in [0, 0.1) is 0 Å². The Morgan fingerprint density at radius 1 is 1.00 bits per heavy atom. The minimum Gasteiger partial charge on any atom is -0.409 e. The molecule has 0 bridgehead atoms. The van der Waals surface area contributed by atoms with Crippen LogP contribution in [-0.2, 0) is 14.8 Å². The van der Waals surface area contributed by atoms with E-state index >= 15 is 0 Å². The van der Waals surface area contributed by atoms with Crippen LogP contribution in [0.15, 0.2) is 88.7 Å². The highest BCUT2D eigenvalue weighted by molar-refractivity contribution is 7.89. The second-order valence-electron chi connectivity index (χ2n) is 7.08. The lowest BCUT2D eigenvalue weighted by Crippen LogP contribution is -2.14. The van der Waals surface area contributed by atoms with Gasteiger partial charge >= 0.3 is 0 Å². The first-order valence-corrected chi connectivity index (χ1v) is 11.1. The summed E-state index contributed by atoms with van der Waals surface area (Å²) in [7, 11) is -3.92. The van der Waals surface area contributed by atoms with Crippen LogP contribution in [0.3, 0.4) is 0 Å². The molecule has 0 aliphatic heterocycles. The number of hydrogen-bond acceptors (Lipinski definition) is 5. The van der Waals surface area contributed by atoms with Gasteiger partial charge in [-0.05, 0) is 47.9 Å². The quantitative estimate of drug-likeness (QED) is 0.144. The van der Waals surface area contributed by atoms with E-state index in [4.69, 9.17) is 16.1 Å². The van der Waals surface area contributed by atoms with Crippen LogP contribution < -0.4 is 16.2 Å². The summed E-state index contributed by atoms with van der Waals surface area (Å²) in [5.41, 5.74) is 7.67. The molecule has 6 N–H and O–H groups in total. The number of oxime groups is 1. The molecule has 0 atom stereocenters. The average molecular weight is 469 g/mol. The minimum absolute atomic E-state index is 0.0273. The Bertz CT molecular complexity index is 1370. The van der Waals surface area contributed by atoms with Crippen molar-refractivity contribution in [2.75, 3.05) is 5.32 Å². The van der Waals surface area contributed by atoms with E-state index < -0.39 is 21.8 Å². The van der Waals surface area contributed by atoms with Gasteiger partial charge in [-0.15, -0.1) is 0 Å². The maximum atomic E-state index is 14.8. The Morgan fingerprint density at radius 2 is 1.64 bits per heavy atom. The number of nitrogens with zero attached hydrogens (tertiary/aromatic N) is 1. The third-order valence-electron chi connectivity index (χ3n) is 4.88. The maximum Gasteiger partial charge on any atom is 0.284 e. The standard InChI is InChI=1S/C23H21FN4O4S/c1-14(16-5-4-6-17(13-16)22(25)28-30)21(24)23(29)27-18-11-9-15(10-12-18)19-7-2-3-8-20(19)33(26,31)32/h2-13,30H,1H3,(H2,25,28)(H,27,29)(H2,26,31,32)/b21-14+. The Balaban J connectivity index is 1.83. The molecule has 0 unspecified atom stereocenters. The summed E-state index contributed by atoms with van der Waals surface area (Å²) in [4.78, 5) is 12.4. The van der Waals surface area contributed by atoms with Gasteiger partial charge in [0, 0.05) is 16.8 Å². The second kappa shape index (κ2) is 9.63. The molecule has 0 fully saturated rings. The van der Waals surface area contributed by atoms with Gasteiger partial charge in [0.2, 0.25) is 10.0 Å². The molecule has 3 aromatic carbocycles. The normalized spacial score (nSPS) is 12.8. The Labute approximate surface area is 190 Å². The van der Waals surface area contributed by atoms with E-state index in [1.807, 2.05) is 0 Å². The van der Waals surface area contributed by atoms with Gasteiger partial charge in [0.1, 0.15) is 0 Å². The van der Waals surface area contributed by atoms with Crippen molar-refractivity contribution in [2.24, 2.45) is 16.0 Å². The fraction of sp³-hybridized carbons (Fsp3) is 0.0435. The number of sulfonamides is 1. The molecule has 8 nitrogen and oxygen atoms in total. The molecular formula is C23H21FN4O4S. The van der Waals surface area contributed by atoms with Crippen molar-refractivity contribution in [3.63, 3.8) is 0 Å². The molecule has 0 radical (unpaired) electrons. The number of rotatable bonds is 6. The summed E-state index contributed by atoms with van der Waals surface area (Å²) in [5, 5.41) is 19.4. The van der Waals surface area contributed by atoms with E-state index in [0.29, 0.717) is 27.9 Å². The highest BCUT2D eigenvalue weighted by Crippen LogP contribution is 2.28.